The van der Waals surface area contributed by atoms with Gasteiger partial charge >= 0.3 is 256 Å². The first kappa shape index (κ1) is 24.9. The van der Waals surface area contributed by atoms with Crippen molar-refractivity contribution in [1.82, 2.24) is 19.4 Å². The molecule has 4 nitrogen and oxygen atoms in total. The Kier molecular flexibility index (Phi) is 5.45. The SMILES string of the molecule is [Se]=P(c1ccc2ccccc2c1)(c1ccc2c(c1)nc1c3ccccc3c3ccccc3n21)c1ncc2ccccc2n1. The standard InChI is InChI=1S/C37H23N4PSe/c43-42(27-18-17-24-9-1-2-10-25(24)21-27,37-38-23-26-11-3-7-15-32(26)40-37)28-19-20-35-33(22-28)39-36-31-14-5-4-12-29(31)30-13-6-8-16-34(30)41(35)36/h1-23H. The zero-order chi connectivity index (χ0) is 28.5. The number of aromatic nitrogens is 4. The molecular weight excluding hydrogens is 610 g/mol. The van der Waals surface area contributed by atoms with Crippen LogP contribution in [0.15, 0.2) is 140 Å². The Bertz CT molecular complexity index is 2540. The first-order valence-corrected chi connectivity index (χ1v) is 18.2. The fourth-order valence-corrected chi connectivity index (χ4v) is 10.8. The molecule has 0 saturated carbocycles. The Balaban J connectivity index is 1.36. The van der Waals surface area contributed by atoms with Crippen LogP contribution in [0.3, 0.4) is 0 Å². The summed E-state index contributed by atoms with van der Waals surface area (Å²) in [5, 5.41) is 9.39. The van der Waals surface area contributed by atoms with Crippen molar-refractivity contribution in [3.05, 3.63) is 140 Å². The monoisotopic (exact) mass is 634 g/mol. The van der Waals surface area contributed by atoms with E-state index in [0.717, 1.165) is 49.4 Å². The Morgan fingerprint density at radius 3 is 2.07 bits per heavy atom. The maximum atomic E-state index is 5.28. The van der Waals surface area contributed by atoms with Crippen LogP contribution in [0.1, 0.15) is 0 Å². The van der Waals surface area contributed by atoms with E-state index in [1.54, 1.807) is 0 Å². The maximum absolute atomic E-state index is 5.28. The predicted molar refractivity (Wildman–Crippen MR) is 183 cm³/mol. The van der Waals surface area contributed by atoms with Crippen LogP contribution < -0.4 is 16.2 Å². The summed E-state index contributed by atoms with van der Waals surface area (Å²) >= 11 is 3.68. The summed E-state index contributed by atoms with van der Waals surface area (Å²) in [6.45, 7) is 0. The topological polar surface area (TPSA) is 43.1 Å². The molecule has 9 rings (SSSR count). The number of rotatable bonds is 3. The molecular formula is C37H23N4PSe. The van der Waals surface area contributed by atoms with Gasteiger partial charge in [-0.1, -0.05) is 0 Å². The molecule has 1 unspecified atom stereocenters. The third-order valence-corrected chi connectivity index (χ3v) is 14.9. The number of imidazole rings is 1. The van der Waals surface area contributed by atoms with Gasteiger partial charge in [0.2, 0.25) is 0 Å². The molecule has 3 heterocycles. The quantitative estimate of drug-likeness (QED) is 0.117. The van der Waals surface area contributed by atoms with Gasteiger partial charge in [0, 0.05) is 0 Å². The average Bonchev–Trinajstić information content (AvgIpc) is 3.47. The summed E-state index contributed by atoms with van der Waals surface area (Å²) < 4.78 is 2.30. The van der Waals surface area contributed by atoms with Crippen molar-refractivity contribution in [2.75, 3.05) is 0 Å². The molecule has 6 aromatic carbocycles. The van der Waals surface area contributed by atoms with Gasteiger partial charge in [-0.25, -0.2) is 0 Å². The van der Waals surface area contributed by atoms with Gasteiger partial charge in [-0.2, -0.15) is 0 Å². The van der Waals surface area contributed by atoms with Crippen molar-refractivity contribution in [2.24, 2.45) is 0 Å². The molecule has 6 heteroatoms. The van der Waals surface area contributed by atoms with Crippen LogP contribution in [0.2, 0.25) is 0 Å². The molecule has 0 amide bonds. The molecule has 0 spiro atoms. The van der Waals surface area contributed by atoms with E-state index in [9.17, 15) is 0 Å². The van der Waals surface area contributed by atoms with Gasteiger partial charge in [0.05, 0.1) is 0 Å². The van der Waals surface area contributed by atoms with Gasteiger partial charge in [0.25, 0.3) is 0 Å². The number of benzene rings is 6. The summed E-state index contributed by atoms with van der Waals surface area (Å²) in [6, 6.07) is 47.3. The van der Waals surface area contributed by atoms with Crippen molar-refractivity contribution in [3.8, 4) is 0 Å². The van der Waals surface area contributed by atoms with Crippen LogP contribution in [-0.4, -0.2) is 34.5 Å². The minimum atomic E-state index is -2.38. The fraction of sp³-hybridized carbons (Fsp3) is 0. The van der Waals surface area contributed by atoms with Crippen molar-refractivity contribution in [2.45, 2.75) is 0 Å². The van der Waals surface area contributed by atoms with E-state index in [0.29, 0.717) is 0 Å². The molecule has 0 fully saturated rings. The summed E-state index contributed by atoms with van der Waals surface area (Å²) in [6.07, 6.45) is 1.95. The molecule has 3 aromatic heterocycles. The molecule has 0 aliphatic carbocycles. The van der Waals surface area contributed by atoms with Gasteiger partial charge in [0.15, 0.2) is 0 Å². The van der Waals surface area contributed by atoms with Crippen LogP contribution >= 0.6 is 5.51 Å². The van der Waals surface area contributed by atoms with E-state index in [4.69, 9.17) is 15.0 Å². The average molecular weight is 634 g/mol. The zero-order valence-corrected chi connectivity index (χ0v) is 25.5. The summed E-state index contributed by atoms with van der Waals surface area (Å²) in [5.41, 5.74) is 3.56. The van der Waals surface area contributed by atoms with Gasteiger partial charge in [-0.15, -0.1) is 0 Å². The normalized spacial score (nSPS) is 13.4. The summed E-state index contributed by atoms with van der Waals surface area (Å²) in [7, 11) is 0. The molecule has 1 atom stereocenters. The fourth-order valence-electron chi connectivity index (χ4n) is 6.37. The van der Waals surface area contributed by atoms with Gasteiger partial charge < -0.3 is 0 Å². The van der Waals surface area contributed by atoms with Crippen LogP contribution in [0.4, 0.5) is 0 Å². The first-order chi connectivity index (χ1) is 21.2. The molecule has 0 radical (unpaired) electrons. The Morgan fingerprint density at radius 2 is 1.19 bits per heavy atom. The minimum absolute atomic E-state index is 0.820. The third-order valence-electron chi connectivity index (χ3n) is 8.46. The van der Waals surface area contributed by atoms with Crippen molar-refractivity contribution >= 4 is 96.8 Å². The summed E-state index contributed by atoms with van der Waals surface area (Å²) in [5.74, 6) is 0. The van der Waals surface area contributed by atoms with Gasteiger partial charge in [-0.05, 0) is 0 Å². The first-order valence-electron chi connectivity index (χ1n) is 14.2. The van der Waals surface area contributed by atoms with Gasteiger partial charge in [0.1, 0.15) is 0 Å². The Labute approximate surface area is 254 Å². The zero-order valence-electron chi connectivity index (χ0n) is 22.9. The summed E-state index contributed by atoms with van der Waals surface area (Å²) in [4.78, 5) is 15.4. The van der Waals surface area contributed by atoms with Crippen LogP contribution in [0.25, 0.3) is 60.0 Å². The van der Waals surface area contributed by atoms with Crippen molar-refractivity contribution in [3.63, 3.8) is 0 Å². The van der Waals surface area contributed by atoms with E-state index in [1.807, 2.05) is 18.3 Å². The molecule has 0 saturated heterocycles. The number of fused-ring (bicyclic) bond motifs is 10. The van der Waals surface area contributed by atoms with E-state index in [-0.39, 0.29) is 0 Å². The number of hydrogen-bond donors (Lipinski definition) is 0. The van der Waals surface area contributed by atoms with Crippen LogP contribution in [0.5, 0.6) is 0 Å². The van der Waals surface area contributed by atoms with E-state index in [1.165, 1.54) is 26.8 Å². The second-order valence-electron chi connectivity index (χ2n) is 10.9. The molecule has 43 heavy (non-hydrogen) atoms. The second kappa shape index (κ2) is 9.42. The number of nitrogens with zero attached hydrogens (tertiary/aromatic N) is 4. The molecule has 0 aliphatic heterocycles. The molecule has 0 N–H and O–H groups in total. The number of pyridine rings is 1. The van der Waals surface area contributed by atoms with Crippen molar-refractivity contribution < 1.29 is 0 Å². The van der Waals surface area contributed by atoms with Gasteiger partial charge in [-0.3, -0.25) is 0 Å². The Hall–Kier alpha value is -4.66. The van der Waals surface area contributed by atoms with Crippen LogP contribution in [-0.2, 0) is 0 Å². The molecule has 0 aliphatic rings. The van der Waals surface area contributed by atoms with E-state index >= 15 is 0 Å². The molecule has 9 aromatic rings. The third kappa shape index (κ3) is 3.70. The number of hydrogen-bond acceptors (Lipinski definition) is 3. The van der Waals surface area contributed by atoms with E-state index in [2.05, 4.69) is 141 Å². The second-order valence-corrected chi connectivity index (χ2v) is 17.0. The van der Waals surface area contributed by atoms with Crippen molar-refractivity contribution in [1.29, 1.82) is 0 Å². The van der Waals surface area contributed by atoms with Crippen LogP contribution in [0, 0.1) is 0 Å². The number of para-hydroxylation sites is 2. The predicted octanol–water partition coefficient (Wildman–Crippen LogP) is 7.27. The molecule has 202 valence electrons. The van der Waals surface area contributed by atoms with E-state index < -0.39 is 5.51 Å². The Morgan fingerprint density at radius 1 is 0.512 bits per heavy atom. The molecule has 0 bridgehead atoms.